The Labute approximate surface area is 120 Å². The number of aliphatic carboxylic acids is 2. The van der Waals surface area contributed by atoms with Crippen molar-refractivity contribution >= 4 is 23.5 Å². The van der Waals surface area contributed by atoms with Crippen molar-refractivity contribution in [2.75, 3.05) is 7.05 Å². The molecule has 0 amide bonds. The van der Waals surface area contributed by atoms with Gasteiger partial charge in [-0.3, -0.25) is 0 Å². The molecule has 1 aromatic carbocycles. The molecular weight excluding hydrogens is 282 g/mol. The van der Waals surface area contributed by atoms with Crippen LogP contribution < -0.4 is 0 Å². The fraction of sp³-hybridized carbons (Fsp3) is 0.143. The van der Waals surface area contributed by atoms with Crippen LogP contribution in [0, 0.1) is 0 Å². The number of rotatable bonds is 3. The number of carbonyl (C=O) groups is 2. The fourth-order valence-corrected chi connectivity index (χ4v) is 2.44. The van der Waals surface area contributed by atoms with E-state index in [0.717, 1.165) is 0 Å². The van der Waals surface area contributed by atoms with Gasteiger partial charge in [-0.05, 0) is 11.6 Å². The standard InChI is InChI=1S/C14H12ClNO4/c1-16-6-9(13(17)18)12(10(7-16)14(19)20)8-4-2-3-5-11(8)15/h2-7,12H,1H3,(H,17,18)(H,19,20). The molecule has 1 aliphatic heterocycles. The summed E-state index contributed by atoms with van der Waals surface area (Å²) in [4.78, 5) is 24.2. The van der Waals surface area contributed by atoms with Gasteiger partial charge in [0.15, 0.2) is 0 Å². The van der Waals surface area contributed by atoms with Crippen molar-refractivity contribution in [2.24, 2.45) is 0 Å². The van der Waals surface area contributed by atoms with Crippen LogP contribution in [0.5, 0.6) is 0 Å². The van der Waals surface area contributed by atoms with E-state index in [1.165, 1.54) is 17.3 Å². The lowest BCUT2D eigenvalue weighted by atomic mass is 9.83. The van der Waals surface area contributed by atoms with Crippen molar-refractivity contribution in [3.8, 4) is 0 Å². The van der Waals surface area contributed by atoms with Gasteiger partial charge in [0.1, 0.15) is 0 Å². The summed E-state index contributed by atoms with van der Waals surface area (Å²) in [7, 11) is 1.58. The van der Waals surface area contributed by atoms with Gasteiger partial charge in [0, 0.05) is 24.5 Å². The average molecular weight is 294 g/mol. The highest BCUT2D eigenvalue weighted by Gasteiger charge is 2.34. The Bertz CT molecular complexity index is 604. The van der Waals surface area contributed by atoms with Crippen molar-refractivity contribution in [3.63, 3.8) is 0 Å². The minimum absolute atomic E-state index is 0.0273. The number of nitrogens with zero attached hydrogens (tertiary/aromatic N) is 1. The molecule has 2 rings (SSSR count). The van der Waals surface area contributed by atoms with Crippen LogP contribution in [0.15, 0.2) is 47.8 Å². The van der Waals surface area contributed by atoms with Crippen molar-refractivity contribution < 1.29 is 19.8 Å². The molecule has 2 N–H and O–H groups in total. The van der Waals surface area contributed by atoms with E-state index in [2.05, 4.69) is 0 Å². The van der Waals surface area contributed by atoms with E-state index < -0.39 is 17.9 Å². The van der Waals surface area contributed by atoms with Gasteiger partial charge in [0.05, 0.1) is 17.1 Å². The summed E-state index contributed by atoms with van der Waals surface area (Å²) in [6.07, 6.45) is 2.78. The summed E-state index contributed by atoms with van der Waals surface area (Å²) in [5.41, 5.74) is 0.408. The molecule has 0 aromatic heterocycles. The number of hydrogen-bond acceptors (Lipinski definition) is 3. The Hall–Kier alpha value is -2.27. The van der Waals surface area contributed by atoms with Crippen LogP contribution in [0.3, 0.4) is 0 Å². The molecule has 0 radical (unpaired) electrons. The van der Waals surface area contributed by atoms with Crippen LogP contribution in [0.1, 0.15) is 11.5 Å². The predicted octanol–water partition coefficient (Wildman–Crippen LogP) is 2.31. The number of carboxylic acid groups (broad SMARTS) is 2. The zero-order valence-corrected chi connectivity index (χ0v) is 11.3. The van der Waals surface area contributed by atoms with Gasteiger partial charge in [-0.2, -0.15) is 0 Å². The van der Waals surface area contributed by atoms with Gasteiger partial charge in [-0.15, -0.1) is 0 Å². The van der Waals surface area contributed by atoms with Crippen LogP contribution in [0.4, 0.5) is 0 Å². The summed E-state index contributed by atoms with van der Waals surface area (Å²) in [5.74, 6) is -3.24. The highest BCUT2D eigenvalue weighted by atomic mass is 35.5. The van der Waals surface area contributed by atoms with E-state index in [4.69, 9.17) is 11.6 Å². The lowest BCUT2D eigenvalue weighted by molar-refractivity contribution is -0.133. The second kappa shape index (κ2) is 5.38. The smallest absolute Gasteiger partial charge is 0.334 e. The van der Waals surface area contributed by atoms with E-state index in [1.54, 1.807) is 31.3 Å². The van der Waals surface area contributed by atoms with E-state index in [0.29, 0.717) is 10.6 Å². The van der Waals surface area contributed by atoms with Gasteiger partial charge in [0.25, 0.3) is 0 Å². The molecule has 1 heterocycles. The van der Waals surface area contributed by atoms with Crippen LogP contribution in [-0.4, -0.2) is 34.1 Å². The fourth-order valence-electron chi connectivity index (χ4n) is 2.19. The van der Waals surface area contributed by atoms with Crippen LogP contribution in [-0.2, 0) is 9.59 Å². The van der Waals surface area contributed by atoms with E-state index in [-0.39, 0.29) is 11.1 Å². The molecule has 0 aliphatic carbocycles. The quantitative estimate of drug-likeness (QED) is 0.894. The first-order valence-corrected chi connectivity index (χ1v) is 6.16. The third-order valence-electron chi connectivity index (χ3n) is 3.02. The summed E-state index contributed by atoms with van der Waals surface area (Å²) in [6, 6.07) is 6.63. The second-order valence-electron chi connectivity index (χ2n) is 4.40. The molecular formula is C14H12ClNO4. The second-order valence-corrected chi connectivity index (χ2v) is 4.81. The molecule has 0 saturated carbocycles. The summed E-state index contributed by atoms with van der Waals surface area (Å²) >= 11 is 6.08. The van der Waals surface area contributed by atoms with E-state index >= 15 is 0 Å². The van der Waals surface area contributed by atoms with Gasteiger partial charge in [-0.1, -0.05) is 29.8 Å². The molecule has 0 spiro atoms. The van der Waals surface area contributed by atoms with Crippen molar-refractivity contribution in [2.45, 2.75) is 5.92 Å². The Balaban J connectivity index is 2.63. The minimum Gasteiger partial charge on any atom is -0.478 e. The molecule has 0 fully saturated rings. The van der Waals surface area contributed by atoms with Crippen LogP contribution >= 0.6 is 11.6 Å². The van der Waals surface area contributed by atoms with Crippen molar-refractivity contribution in [3.05, 3.63) is 58.4 Å². The first kappa shape index (κ1) is 14.1. The first-order valence-electron chi connectivity index (χ1n) is 5.78. The summed E-state index contributed by atoms with van der Waals surface area (Å²) in [5, 5.41) is 19.0. The molecule has 20 heavy (non-hydrogen) atoms. The van der Waals surface area contributed by atoms with Crippen LogP contribution in [0.25, 0.3) is 0 Å². The predicted molar refractivity (Wildman–Crippen MR) is 73.4 cm³/mol. The number of benzene rings is 1. The molecule has 104 valence electrons. The topological polar surface area (TPSA) is 77.8 Å². The maximum absolute atomic E-state index is 11.4. The van der Waals surface area contributed by atoms with E-state index in [9.17, 15) is 19.8 Å². The largest absolute Gasteiger partial charge is 0.478 e. The lowest BCUT2D eigenvalue weighted by Crippen LogP contribution is -2.26. The zero-order valence-electron chi connectivity index (χ0n) is 10.6. The first-order chi connectivity index (χ1) is 9.41. The Morgan fingerprint density at radius 1 is 1.10 bits per heavy atom. The highest BCUT2D eigenvalue weighted by Crippen LogP contribution is 2.38. The lowest BCUT2D eigenvalue weighted by Gasteiger charge is -2.27. The van der Waals surface area contributed by atoms with Gasteiger partial charge < -0.3 is 15.1 Å². The minimum atomic E-state index is -1.17. The SMILES string of the molecule is CN1C=C(C(=O)O)C(c2ccccc2Cl)C(C(=O)O)=C1. The monoisotopic (exact) mass is 293 g/mol. The third kappa shape index (κ3) is 2.53. The molecule has 1 aromatic rings. The molecule has 0 atom stereocenters. The Morgan fingerprint density at radius 3 is 2.05 bits per heavy atom. The molecule has 6 heteroatoms. The Morgan fingerprint density at radius 2 is 1.60 bits per heavy atom. The van der Waals surface area contributed by atoms with Gasteiger partial charge in [0.2, 0.25) is 0 Å². The zero-order chi connectivity index (χ0) is 14.9. The molecule has 5 nitrogen and oxygen atoms in total. The van der Waals surface area contributed by atoms with Crippen LogP contribution in [0.2, 0.25) is 5.02 Å². The third-order valence-corrected chi connectivity index (χ3v) is 3.36. The van der Waals surface area contributed by atoms with Crippen molar-refractivity contribution in [1.82, 2.24) is 4.90 Å². The molecule has 0 unspecified atom stereocenters. The van der Waals surface area contributed by atoms with E-state index in [1.807, 2.05) is 0 Å². The normalized spacial score (nSPS) is 15.6. The highest BCUT2D eigenvalue weighted by molar-refractivity contribution is 6.31. The van der Waals surface area contributed by atoms with Gasteiger partial charge in [-0.25, -0.2) is 9.59 Å². The number of carboxylic acids is 2. The summed E-state index contributed by atoms with van der Waals surface area (Å²) < 4.78 is 0. The average Bonchev–Trinajstić information content (AvgIpc) is 2.38. The summed E-state index contributed by atoms with van der Waals surface area (Å²) in [6.45, 7) is 0. The number of halogens is 1. The Kier molecular flexibility index (Phi) is 3.81. The number of hydrogen-bond donors (Lipinski definition) is 2. The maximum atomic E-state index is 11.4. The molecule has 0 saturated heterocycles. The molecule has 1 aliphatic rings. The molecule has 0 bridgehead atoms. The van der Waals surface area contributed by atoms with Gasteiger partial charge >= 0.3 is 11.9 Å². The van der Waals surface area contributed by atoms with Crippen molar-refractivity contribution in [1.29, 1.82) is 0 Å². The maximum Gasteiger partial charge on any atom is 0.334 e.